The third-order valence-corrected chi connectivity index (χ3v) is 0. The molecule has 0 rings (SSSR count). The average molecular weight is 107 g/mol. The smallest absolute Gasteiger partial charge is 0 e. The van der Waals surface area contributed by atoms with E-state index in [0.29, 0.717) is 0 Å². The average Bonchev–Trinajstić information content (AvgIpc) is 0.811. The molecule has 0 amide bonds. The van der Waals surface area contributed by atoms with E-state index in [1.807, 2.05) is 13.8 Å². The van der Waals surface area contributed by atoms with Crippen LogP contribution < -0.4 is 0 Å². The molecule has 0 aromatic rings. The Bertz CT molecular complexity index is 26.6. The van der Waals surface area contributed by atoms with Gasteiger partial charge in [-0.15, -0.1) is 6.58 Å². The molecule has 0 fully saturated rings. The van der Waals surface area contributed by atoms with Crippen LogP contribution in [0.5, 0.6) is 0 Å². The van der Waals surface area contributed by atoms with Crippen LogP contribution in [0.25, 0.3) is 0 Å². The van der Waals surface area contributed by atoms with Gasteiger partial charge >= 0.3 is 0 Å². The van der Waals surface area contributed by atoms with E-state index in [9.17, 15) is 0 Å². The minimum Gasteiger partial charge on any atom is -0.100 e. The van der Waals surface area contributed by atoms with Gasteiger partial charge in [-0.1, -0.05) is 5.57 Å². The van der Waals surface area contributed by atoms with Crippen molar-refractivity contribution in [1.29, 1.82) is 0 Å². The molecule has 0 N–H and O–H groups in total. The van der Waals surface area contributed by atoms with Gasteiger partial charge in [0.05, 0.1) is 0 Å². The zero-order valence-corrected chi connectivity index (χ0v) is 5.05. The van der Waals surface area contributed by atoms with Crippen LogP contribution in [-0.4, -0.2) is 0 Å². The maximum atomic E-state index is 3.56. The summed E-state index contributed by atoms with van der Waals surface area (Å²) in [6, 6.07) is 0. The van der Waals surface area contributed by atoms with Crippen molar-refractivity contribution in [2.24, 2.45) is 0 Å². The molecule has 0 bridgehead atoms. The van der Waals surface area contributed by atoms with Gasteiger partial charge in [-0.05, 0) is 13.8 Å². The topological polar surface area (TPSA) is 0 Å². The van der Waals surface area contributed by atoms with Crippen LogP contribution in [0.1, 0.15) is 13.8 Å². The first-order chi connectivity index (χ1) is 1.73. The second kappa shape index (κ2) is 4.32. The molecule has 1 radical (unpaired) electrons. The fourth-order valence-corrected chi connectivity index (χ4v) is 0. The van der Waals surface area contributed by atoms with E-state index in [1.54, 1.807) is 0 Å². The maximum absolute atomic E-state index is 3.56. The summed E-state index contributed by atoms with van der Waals surface area (Å²) < 4.78 is 0. The molecule has 0 saturated heterocycles. The van der Waals surface area contributed by atoms with Gasteiger partial charge in [0.2, 0.25) is 0 Å². The van der Waals surface area contributed by atoms with Gasteiger partial charge in [-0.3, -0.25) is 0 Å². The summed E-state index contributed by atoms with van der Waals surface area (Å²) in [6.07, 6.45) is 0. The Morgan fingerprint density at radius 2 is 1.40 bits per heavy atom. The van der Waals surface area contributed by atoms with Gasteiger partial charge in [0, 0.05) is 18.6 Å². The number of hydrogen-bond donors (Lipinski definition) is 0. The fourth-order valence-electron chi connectivity index (χ4n) is 0. The Balaban J connectivity index is 0. The molecule has 0 heterocycles. The van der Waals surface area contributed by atoms with Crippen LogP contribution in [0.3, 0.4) is 0 Å². The van der Waals surface area contributed by atoms with Crippen molar-refractivity contribution in [2.75, 3.05) is 0 Å². The summed E-state index contributed by atoms with van der Waals surface area (Å²) in [5.74, 6) is 0. The minimum atomic E-state index is 0. The first-order valence-electron chi connectivity index (χ1n) is 1.35. The number of hydrogen-bond acceptors (Lipinski definition) is 0. The van der Waals surface area contributed by atoms with Crippen molar-refractivity contribution in [3.8, 4) is 0 Å². The summed E-state index contributed by atoms with van der Waals surface area (Å²) in [5, 5.41) is 0. The molecule has 0 spiro atoms. The fraction of sp³-hybridized carbons (Fsp3) is 0.500. The molecule has 29 valence electrons. The Hall–Kier alpha value is 0.324. The molecular formula is C4H8V. The number of rotatable bonds is 0. The number of allylic oxidation sites excluding steroid dienone is 1. The van der Waals surface area contributed by atoms with Gasteiger partial charge in [-0.25, -0.2) is 0 Å². The monoisotopic (exact) mass is 107 g/mol. The van der Waals surface area contributed by atoms with Crippen molar-refractivity contribution >= 4 is 0 Å². The Kier molecular flexibility index (Phi) is 7.79. The largest absolute Gasteiger partial charge is 0.100 e. The van der Waals surface area contributed by atoms with Crippen LogP contribution in [0.15, 0.2) is 12.2 Å². The van der Waals surface area contributed by atoms with Crippen molar-refractivity contribution in [1.82, 2.24) is 0 Å². The van der Waals surface area contributed by atoms with Crippen molar-refractivity contribution in [2.45, 2.75) is 13.8 Å². The van der Waals surface area contributed by atoms with Gasteiger partial charge < -0.3 is 0 Å². The van der Waals surface area contributed by atoms with E-state index >= 15 is 0 Å². The Morgan fingerprint density at radius 3 is 1.40 bits per heavy atom. The summed E-state index contributed by atoms with van der Waals surface area (Å²) in [4.78, 5) is 0. The normalized spacial score (nSPS) is 5.20. The molecule has 0 aliphatic rings. The van der Waals surface area contributed by atoms with Gasteiger partial charge in [0.15, 0.2) is 0 Å². The molecule has 0 atom stereocenters. The summed E-state index contributed by atoms with van der Waals surface area (Å²) in [7, 11) is 0. The summed E-state index contributed by atoms with van der Waals surface area (Å²) in [5.41, 5.74) is 1.17. The molecule has 0 aliphatic carbocycles. The second-order valence-corrected chi connectivity index (χ2v) is 1.21. The van der Waals surface area contributed by atoms with E-state index in [1.165, 1.54) is 5.57 Å². The molecular weight excluding hydrogens is 99.0 g/mol. The van der Waals surface area contributed by atoms with Gasteiger partial charge in [0.25, 0.3) is 0 Å². The van der Waals surface area contributed by atoms with Crippen molar-refractivity contribution in [3.63, 3.8) is 0 Å². The van der Waals surface area contributed by atoms with Crippen LogP contribution in [-0.2, 0) is 18.6 Å². The van der Waals surface area contributed by atoms with Crippen LogP contribution in [0.4, 0.5) is 0 Å². The quantitative estimate of drug-likeness (QED) is 0.412. The molecule has 1 heteroatoms. The Morgan fingerprint density at radius 1 is 1.40 bits per heavy atom. The van der Waals surface area contributed by atoms with E-state index < -0.39 is 0 Å². The predicted octanol–water partition coefficient (Wildman–Crippen LogP) is 1.58. The molecule has 0 nitrogen and oxygen atoms in total. The SMILES string of the molecule is C=C(C)C.[V]. The first-order valence-corrected chi connectivity index (χ1v) is 1.35. The molecule has 5 heavy (non-hydrogen) atoms. The van der Waals surface area contributed by atoms with Crippen LogP contribution >= 0.6 is 0 Å². The molecule has 0 aliphatic heterocycles. The third-order valence-electron chi connectivity index (χ3n) is 0. The molecule has 0 aromatic carbocycles. The summed E-state index contributed by atoms with van der Waals surface area (Å²) in [6.45, 7) is 7.50. The molecule has 0 aromatic heterocycles. The molecule has 0 unspecified atom stereocenters. The van der Waals surface area contributed by atoms with E-state index in [4.69, 9.17) is 0 Å². The Labute approximate surface area is 45.2 Å². The molecule has 0 saturated carbocycles. The predicted molar refractivity (Wildman–Crippen MR) is 20.5 cm³/mol. The van der Waals surface area contributed by atoms with E-state index in [2.05, 4.69) is 6.58 Å². The second-order valence-electron chi connectivity index (χ2n) is 1.21. The van der Waals surface area contributed by atoms with Gasteiger partial charge in [0.1, 0.15) is 0 Å². The minimum absolute atomic E-state index is 0. The zero-order valence-electron chi connectivity index (χ0n) is 3.65. The van der Waals surface area contributed by atoms with Crippen molar-refractivity contribution in [3.05, 3.63) is 12.2 Å². The van der Waals surface area contributed by atoms with Crippen LogP contribution in [0, 0.1) is 0 Å². The van der Waals surface area contributed by atoms with E-state index in [0.717, 1.165) is 0 Å². The standard InChI is InChI=1S/C4H8.V/c1-4(2)3;/h1H2,2-3H3;. The van der Waals surface area contributed by atoms with Gasteiger partial charge in [-0.2, -0.15) is 0 Å². The maximum Gasteiger partial charge on any atom is 0 e. The van der Waals surface area contributed by atoms with Crippen molar-refractivity contribution < 1.29 is 18.6 Å². The summed E-state index contributed by atoms with van der Waals surface area (Å²) >= 11 is 0. The van der Waals surface area contributed by atoms with Crippen LogP contribution in [0.2, 0.25) is 0 Å². The third kappa shape index (κ3) is 222. The first kappa shape index (κ1) is 9.01. The van der Waals surface area contributed by atoms with E-state index in [-0.39, 0.29) is 18.6 Å². The zero-order chi connectivity index (χ0) is 3.58.